The molecule has 148 valence electrons. The molecule has 0 unspecified atom stereocenters. The van der Waals surface area contributed by atoms with Gasteiger partial charge in [0.15, 0.2) is 5.78 Å². The van der Waals surface area contributed by atoms with E-state index in [0.29, 0.717) is 5.56 Å². The number of thiophene rings is 1. The average Bonchev–Trinajstić information content (AvgIpc) is 3.39. The van der Waals surface area contributed by atoms with Gasteiger partial charge in [0.25, 0.3) is 0 Å². The highest BCUT2D eigenvalue weighted by molar-refractivity contribution is 7.89. The molecule has 2 heterocycles. The van der Waals surface area contributed by atoms with Gasteiger partial charge in [0.05, 0.1) is 4.90 Å². The zero-order chi connectivity index (χ0) is 20.4. The Labute approximate surface area is 173 Å². The van der Waals surface area contributed by atoms with Crippen molar-refractivity contribution < 1.29 is 13.2 Å². The number of hydrogen-bond donors (Lipinski definition) is 2. The molecule has 0 spiro atoms. The SMILES string of the molecule is CC(=O)c1cccc(S(=O)(=O)NC[C@@H](c2cccs2)c2c[nH]c3ccccc23)c1. The van der Waals surface area contributed by atoms with Crippen LogP contribution in [0.4, 0.5) is 0 Å². The minimum absolute atomic E-state index is 0.0917. The third-order valence-electron chi connectivity index (χ3n) is 4.91. The number of aromatic amines is 1. The zero-order valence-corrected chi connectivity index (χ0v) is 17.4. The first-order chi connectivity index (χ1) is 14.0. The Kier molecular flexibility index (Phi) is 5.36. The van der Waals surface area contributed by atoms with Crippen molar-refractivity contribution in [1.82, 2.24) is 9.71 Å². The van der Waals surface area contributed by atoms with Crippen molar-refractivity contribution in [2.75, 3.05) is 6.54 Å². The summed E-state index contributed by atoms with van der Waals surface area (Å²) in [4.78, 5) is 16.0. The van der Waals surface area contributed by atoms with Gasteiger partial charge < -0.3 is 4.98 Å². The molecule has 0 bridgehead atoms. The second-order valence-electron chi connectivity index (χ2n) is 6.79. The third-order valence-corrected chi connectivity index (χ3v) is 7.32. The first-order valence-corrected chi connectivity index (χ1v) is 11.5. The molecule has 0 aliphatic heterocycles. The lowest BCUT2D eigenvalue weighted by Crippen LogP contribution is -2.29. The molecule has 0 aliphatic rings. The molecule has 0 fully saturated rings. The summed E-state index contributed by atoms with van der Waals surface area (Å²) < 4.78 is 28.5. The zero-order valence-electron chi connectivity index (χ0n) is 15.8. The molecule has 4 rings (SSSR count). The number of carbonyl (C=O) groups excluding carboxylic acids is 1. The van der Waals surface area contributed by atoms with Gasteiger partial charge in [0, 0.05) is 40.0 Å². The van der Waals surface area contributed by atoms with E-state index in [0.717, 1.165) is 21.3 Å². The number of fused-ring (bicyclic) bond motifs is 1. The molecule has 0 radical (unpaired) electrons. The van der Waals surface area contributed by atoms with E-state index in [1.54, 1.807) is 23.5 Å². The van der Waals surface area contributed by atoms with Gasteiger partial charge in [-0.05, 0) is 42.1 Å². The number of rotatable bonds is 7. The van der Waals surface area contributed by atoms with E-state index in [-0.39, 0.29) is 23.1 Å². The summed E-state index contributed by atoms with van der Waals surface area (Å²) in [6.07, 6.45) is 1.94. The molecule has 0 saturated carbocycles. The van der Waals surface area contributed by atoms with Crippen molar-refractivity contribution in [2.45, 2.75) is 17.7 Å². The first kappa shape index (κ1) is 19.6. The van der Waals surface area contributed by atoms with Crippen LogP contribution in [-0.2, 0) is 10.0 Å². The Morgan fingerprint density at radius 1 is 1.10 bits per heavy atom. The fourth-order valence-electron chi connectivity index (χ4n) is 3.39. The summed E-state index contributed by atoms with van der Waals surface area (Å²) in [5, 5.41) is 3.06. The van der Waals surface area contributed by atoms with Crippen LogP contribution in [0, 0.1) is 0 Å². The van der Waals surface area contributed by atoms with Crippen molar-refractivity contribution >= 4 is 38.0 Å². The molecule has 7 heteroatoms. The van der Waals surface area contributed by atoms with Crippen molar-refractivity contribution in [3.05, 3.63) is 88.2 Å². The quantitative estimate of drug-likeness (QED) is 0.428. The highest BCUT2D eigenvalue weighted by Gasteiger charge is 2.23. The Balaban J connectivity index is 1.66. The number of benzene rings is 2. The molecule has 4 aromatic rings. The van der Waals surface area contributed by atoms with E-state index in [1.165, 1.54) is 19.1 Å². The lowest BCUT2D eigenvalue weighted by atomic mass is 9.97. The predicted molar refractivity (Wildman–Crippen MR) is 116 cm³/mol. The number of carbonyl (C=O) groups is 1. The summed E-state index contributed by atoms with van der Waals surface area (Å²) in [6.45, 7) is 1.64. The molecule has 0 saturated heterocycles. The second kappa shape index (κ2) is 7.94. The Hall–Kier alpha value is -2.74. The summed E-state index contributed by atoms with van der Waals surface area (Å²) in [6, 6.07) is 18.1. The van der Waals surface area contributed by atoms with Crippen LogP contribution in [0.15, 0.2) is 77.1 Å². The maximum atomic E-state index is 12.9. The fraction of sp³-hybridized carbons (Fsp3) is 0.136. The van der Waals surface area contributed by atoms with Crippen LogP contribution in [0.5, 0.6) is 0 Å². The number of H-pyrrole nitrogens is 1. The van der Waals surface area contributed by atoms with Crippen LogP contribution in [0.1, 0.15) is 33.6 Å². The molecule has 2 aromatic heterocycles. The molecule has 29 heavy (non-hydrogen) atoms. The van der Waals surface area contributed by atoms with Crippen molar-refractivity contribution in [3.63, 3.8) is 0 Å². The van der Waals surface area contributed by atoms with Gasteiger partial charge in [-0.15, -0.1) is 11.3 Å². The normalized spacial score (nSPS) is 12.9. The topological polar surface area (TPSA) is 79.0 Å². The Bertz CT molecular complexity index is 1260. The molecular formula is C22H20N2O3S2. The number of sulfonamides is 1. The van der Waals surface area contributed by atoms with E-state index in [4.69, 9.17) is 0 Å². The average molecular weight is 425 g/mol. The maximum Gasteiger partial charge on any atom is 0.240 e. The van der Waals surface area contributed by atoms with Crippen LogP contribution in [0.2, 0.25) is 0 Å². The van der Waals surface area contributed by atoms with Gasteiger partial charge in [-0.2, -0.15) is 0 Å². The predicted octanol–water partition coefficient (Wildman–Crippen LogP) is 4.54. The first-order valence-electron chi connectivity index (χ1n) is 9.16. The van der Waals surface area contributed by atoms with Gasteiger partial charge in [-0.1, -0.05) is 36.4 Å². The summed E-state index contributed by atoms with van der Waals surface area (Å²) >= 11 is 1.60. The smallest absolute Gasteiger partial charge is 0.240 e. The molecule has 5 nitrogen and oxygen atoms in total. The van der Waals surface area contributed by atoms with E-state index < -0.39 is 10.0 Å². The van der Waals surface area contributed by atoms with Gasteiger partial charge in [0.2, 0.25) is 10.0 Å². The fourth-order valence-corrected chi connectivity index (χ4v) is 5.33. The van der Waals surface area contributed by atoms with E-state index in [1.807, 2.05) is 48.0 Å². The van der Waals surface area contributed by atoms with Gasteiger partial charge in [-0.25, -0.2) is 13.1 Å². The van der Waals surface area contributed by atoms with Crippen molar-refractivity contribution in [2.24, 2.45) is 0 Å². The van der Waals surface area contributed by atoms with Crippen molar-refractivity contribution in [3.8, 4) is 0 Å². The molecule has 0 aliphatic carbocycles. The van der Waals surface area contributed by atoms with E-state index in [9.17, 15) is 13.2 Å². The Morgan fingerprint density at radius 3 is 2.69 bits per heavy atom. The highest BCUT2D eigenvalue weighted by Crippen LogP contribution is 2.33. The monoisotopic (exact) mass is 424 g/mol. The summed E-state index contributed by atoms with van der Waals surface area (Å²) in [5.74, 6) is -0.297. The summed E-state index contributed by atoms with van der Waals surface area (Å²) in [7, 11) is -3.75. The largest absolute Gasteiger partial charge is 0.361 e. The summed E-state index contributed by atoms with van der Waals surface area (Å²) in [5.41, 5.74) is 2.43. The third kappa shape index (κ3) is 4.03. The van der Waals surface area contributed by atoms with Crippen LogP contribution < -0.4 is 4.72 Å². The molecular weight excluding hydrogens is 404 g/mol. The van der Waals surface area contributed by atoms with Crippen LogP contribution >= 0.6 is 11.3 Å². The number of hydrogen-bond acceptors (Lipinski definition) is 4. The number of Topliss-reactive ketones (excluding diaryl/α,β-unsaturated/α-hetero) is 1. The minimum Gasteiger partial charge on any atom is -0.361 e. The lowest BCUT2D eigenvalue weighted by molar-refractivity contribution is 0.101. The lowest BCUT2D eigenvalue weighted by Gasteiger charge is -2.17. The highest BCUT2D eigenvalue weighted by atomic mass is 32.2. The van der Waals surface area contributed by atoms with Gasteiger partial charge >= 0.3 is 0 Å². The van der Waals surface area contributed by atoms with E-state index in [2.05, 4.69) is 9.71 Å². The number of aromatic nitrogens is 1. The number of para-hydroxylation sites is 1. The Morgan fingerprint density at radius 2 is 1.93 bits per heavy atom. The standard InChI is InChI=1S/C22H20N2O3S2/c1-15(25)16-6-4-7-17(12-16)29(26,27)24-14-20(22-10-5-11-28-22)19-13-23-21-9-3-2-8-18(19)21/h2-13,20,23-24H,14H2,1H3/t20-/m1/s1. The molecule has 2 N–H and O–H groups in total. The minimum atomic E-state index is -3.75. The van der Waals surface area contributed by atoms with Crippen LogP contribution in [0.25, 0.3) is 10.9 Å². The number of nitrogens with one attached hydrogen (secondary N) is 2. The van der Waals surface area contributed by atoms with Crippen molar-refractivity contribution in [1.29, 1.82) is 0 Å². The molecule has 2 aromatic carbocycles. The van der Waals surface area contributed by atoms with Gasteiger partial charge in [-0.3, -0.25) is 4.79 Å². The second-order valence-corrected chi connectivity index (χ2v) is 9.54. The maximum absolute atomic E-state index is 12.9. The molecule has 1 atom stereocenters. The number of ketones is 1. The molecule has 0 amide bonds. The van der Waals surface area contributed by atoms with Crippen LogP contribution in [-0.4, -0.2) is 25.7 Å². The van der Waals surface area contributed by atoms with Crippen LogP contribution in [0.3, 0.4) is 0 Å². The van der Waals surface area contributed by atoms with E-state index >= 15 is 0 Å². The van der Waals surface area contributed by atoms with Gasteiger partial charge in [0.1, 0.15) is 0 Å².